The molecule has 0 saturated carbocycles. The quantitative estimate of drug-likeness (QED) is 0.0634. The van der Waals surface area contributed by atoms with Gasteiger partial charge < -0.3 is 18.3 Å². The molecule has 18 aromatic rings. The van der Waals surface area contributed by atoms with E-state index in [1.54, 1.807) is 0 Å². The van der Waals surface area contributed by atoms with E-state index in [2.05, 4.69) is 398 Å². The van der Waals surface area contributed by atoms with Crippen LogP contribution in [0.1, 0.15) is 151 Å². The average molecular weight is 2380 g/mol. The van der Waals surface area contributed by atoms with Crippen molar-refractivity contribution < 1.29 is 80.4 Å². The molecular weight excluding hydrogens is 2270 g/mol. The molecule has 18 rings (SSSR count). The molecule has 4 radical (unpaired) electrons. The average Bonchev–Trinajstić information content (AvgIpc) is 1.28. The maximum absolute atomic E-state index is 4.80. The van der Waals surface area contributed by atoms with Crippen LogP contribution in [0.3, 0.4) is 0 Å². The number of benzene rings is 14. The van der Waals surface area contributed by atoms with Crippen molar-refractivity contribution in [3.05, 3.63) is 434 Å². The normalized spacial score (nSPS) is 10.8. The second-order valence-electron chi connectivity index (χ2n) is 32.3. The van der Waals surface area contributed by atoms with E-state index in [4.69, 9.17) is 15.0 Å². The molecule has 128 heavy (non-hydrogen) atoms. The molecule has 12 heteroatoms. The van der Waals surface area contributed by atoms with Gasteiger partial charge in [-0.25, -0.2) is 0 Å². The molecule has 14 aromatic carbocycles. The standard InChI is InChI=1S/C33H31N2.C31H27N2.C27H27N2.C25H23N2.4Ir/c1-23(2)30-28(25-14-8-5-9-15-25)22-29(26-16-10-6-11-17-26)31(24(3)4)32(30)35-21-20-34-33(35)27-18-12-7-13-19-27;1-3-26-28(23-14-8-5-9-15-23)22-29(24-16-10-6-11-17-24)27(4-2)30(26)33-21-20-32-31(33)25-18-12-7-13-19-25;1-19(2)23-15-16-24(21-11-7-5-8-12-21)25(20(3)4)26(23)29-18-17-28-27(29)22-13-9-6-10-14-22;1-3-19-15-16-23(20-11-7-5-8-12-20)22(4-2)24(19)27-18-17-26-25(27)21-13-9-6-10-14-21;;;;/h5-18,20-24H,1-4H3;5-18,20-22H,3-4H2,1-2H3;5-13,15-20H,1-4H3;5-13,15-18H,3-4H2,1-2H3;;;;/q4*-1;;;;. The Morgan fingerprint density at radius 1 is 0.242 bits per heavy atom. The number of aromatic nitrogens is 8. The number of nitrogens with zero attached hydrogens (tertiary/aromatic N) is 8. The predicted molar refractivity (Wildman–Crippen MR) is 518 cm³/mol. The second-order valence-corrected chi connectivity index (χ2v) is 32.3. The second kappa shape index (κ2) is 46.5. The third kappa shape index (κ3) is 21.4. The van der Waals surface area contributed by atoms with Crippen molar-refractivity contribution >= 4 is 0 Å². The number of aryl methyl sites for hydroxylation is 1. The predicted octanol–water partition coefficient (Wildman–Crippen LogP) is 30.1. The van der Waals surface area contributed by atoms with Crippen molar-refractivity contribution in [1.29, 1.82) is 0 Å². The Bertz CT molecular complexity index is 6360. The number of hydrogen-bond donors (Lipinski definition) is 0. The van der Waals surface area contributed by atoms with Gasteiger partial charge in [0.05, 0.1) is 23.3 Å². The van der Waals surface area contributed by atoms with Gasteiger partial charge in [-0.3, -0.25) is 19.9 Å². The van der Waals surface area contributed by atoms with Crippen molar-refractivity contribution in [3.63, 3.8) is 0 Å². The number of imidazole rings is 4. The first kappa shape index (κ1) is 97.1. The van der Waals surface area contributed by atoms with Crippen molar-refractivity contribution in [2.75, 3.05) is 0 Å². The fourth-order valence-corrected chi connectivity index (χ4v) is 17.5. The van der Waals surface area contributed by atoms with Crippen LogP contribution in [-0.4, -0.2) is 38.2 Å². The van der Waals surface area contributed by atoms with Crippen LogP contribution in [0.25, 0.3) is 135 Å². The van der Waals surface area contributed by atoms with Crippen molar-refractivity contribution in [1.82, 2.24) is 38.2 Å². The van der Waals surface area contributed by atoms with E-state index in [9.17, 15) is 0 Å². The molecule has 0 N–H and O–H groups in total. The van der Waals surface area contributed by atoms with Gasteiger partial charge in [0.15, 0.2) is 0 Å². The minimum Gasteiger partial charge on any atom is -0.340 e. The van der Waals surface area contributed by atoms with E-state index in [-0.39, 0.29) is 80.4 Å². The van der Waals surface area contributed by atoms with Crippen LogP contribution in [0.15, 0.2) is 365 Å². The summed E-state index contributed by atoms with van der Waals surface area (Å²) < 4.78 is 9.04. The third-order valence-electron chi connectivity index (χ3n) is 23.1. The van der Waals surface area contributed by atoms with E-state index in [0.29, 0.717) is 23.7 Å². The molecule has 8 nitrogen and oxygen atoms in total. The topological polar surface area (TPSA) is 71.3 Å². The monoisotopic (exact) mass is 2380 g/mol. The van der Waals surface area contributed by atoms with Crippen molar-refractivity contribution in [3.8, 4) is 135 Å². The van der Waals surface area contributed by atoms with E-state index < -0.39 is 0 Å². The van der Waals surface area contributed by atoms with Crippen molar-refractivity contribution in [2.24, 2.45) is 0 Å². The molecule has 0 saturated heterocycles. The molecular formula is C116H108Ir4N8-4. The molecule has 0 unspecified atom stereocenters. The molecule has 0 bridgehead atoms. The molecule has 0 spiro atoms. The SMILES string of the molecule is CC(C)c1c(-c2ccccc2)cc(-c2ccccc2)c(C(C)C)c1-n1ccnc1-c1[c-]cccc1.CC(C)c1ccc(-c2ccccc2)c(C(C)C)c1-n1ccnc1-c1[c-]cccc1.CCc1c(-c2ccccc2)cc(-c2ccccc2)c(CC)c1-n1ccnc1-c1[c-]cccc1.CCc1ccc(-c2ccccc2)c(CC)c1-n1ccnc1-c1[c-]cccc1.[Ir].[Ir].[Ir].[Ir]. The van der Waals surface area contributed by atoms with Crippen LogP contribution in [0.2, 0.25) is 0 Å². The summed E-state index contributed by atoms with van der Waals surface area (Å²) >= 11 is 0. The molecule has 0 amide bonds. The summed E-state index contributed by atoms with van der Waals surface area (Å²) in [7, 11) is 0. The summed E-state index contributed by atoms with van der Waals surface area (Å²) in [5.74, 6) is 5.11. The third-order valence-corrected chi connectivity index (χ3v) is 23.1. The minimum absolute atomic E-state index is 0. The maximum Gasteiger partial charge on any atom is 0.0602 e. The summed E-state index contributed by atoms with van der Waals surface area (Å²) in [5, 5.41) is 0. The molecule has 4 aromatic heterocycles. The van der Waals surface area contributed by atoms with E-state index >= 15 is 0 Å². The zero-order valence-electron chi connectivity index (χ0n) is 74.7. The fraction of sp³-hybridized carbons (Fsp3) is 0.172. The Balaban J connectivity index is 0.000000164. The molecule has 0 aliphatic heterocycles. The largest absolute Gasteiger partial charge is 0.340 e. The fourth-order valence-electron chi connectivity index (χ4n) is 17.5. The first-order valence-corrected chi connectivity index (χ1v) is 43.8. The van der Waals surface area contributed by atoms with Gasteiger partial charge in [0.25, 0.3) is 0 Å². The van der Waals surface area contributed by atoms with Crippen LogP contribution in [0.5, 0.6) is 0 Å². The Morgan fingerprint density at radius 3 is 0.812 bits per heavy atom. The summed E-state index contributed by atoms with van der Waals surface area (Å²) in [6, 6.07) is 124. The molecule has 652 valence electrons. The van der Waals surface area contributed by atoms with Crippen LogP contribution in [-0.2, 0) is 106 Å². The first-order valence-electron chi connectivity index (χ1n) is 43.8. The van der Waals surface area contributed by atoms with E-state index in [1.807, 2.05) is 97.6 Å². The smallest absolute Gasteiger partial charge is 0.0602 e. The van der Waals surface area contributed by atoms with Gasteiger partial charge in [0.2, 0.25) is 0 Å². The zero-order chi connectivity index (χ0) is 86.0. The Kier molecular flexibility index (Phi) is 35.3. The molecule has 0 aliphatic carbocycles. The van der Waals surface area contributed by atoms with Gasteiger partial charge in [-0.15, -0.1) is 144 Å². The van der Waals surface area contributed by atoms with Gasteiger partial charge in [-0.05, 0) is 173 Å². The molecule has 0 aliphatic rings. The summed E-state index contributed by atoms with van der Waals surface area (Å²) in [4.78, 5) is 18.9. The van der Waals surface area contributed by atoms with Crippen LogP contribution in [0, 0.1) is 24.3 Å². The van der Waals surface area contributed by atoms with Crippen LogP contribution in [0.4, 0.5) is 0 Å². The number of rotatable bonds is 22. The van der Waals surface area contributed by atoms with E-state index in [1.165, 1.54) is 134 Å². The maximum atomic E-state index is 4.80. The summed E-state index contributed by atoms with van der Waals surface area (Å²) in [6.07, 6.45) is 19.7. The summed E-state index contributed by atoms with van der Waals surface area (Å²) in [6.45, 7) is 27.2. The Labute approximate surface area is 812 Å². The Morgan fingerprint density at radius 2 is 0.508 bits per heavy atom. The van der Waals surface area contributed by atoms with Crippen molar-refractivity contribution in [2.45, 2.75) is 132 Å². The number of hydrogen-bond acceptors (Lipinski definition) is 4. The van der Waals surface area contributed by atoms with Gasteiger partial charge in [0, 0.05) is 153 Å². The molecule has 4 heterocycles. The minimum atomic E-state index is 0. The van der Waals surface area contributed by atoms with Gasteiger partial charge in [-0.2, -0.15) is 0 Å². The summed E-state index contributed by atoms with van der Waals surface area (Å²) in [5.41, 5.74) is 34.9. The first-order chi connectivity index (χ1) is 60.8. The molecule has 0 fully saturated rings. The zero-order valence-corrected chi connectivity index (χ0v) is 84.3. The van der Waals surface area contributed by atoms with Gasteiger partial charge in [-0.1, -0.05) is 289 Å². The van der Waals surface area contributed by atoms with Gasteiger partial charge in [0.1, 0.15) is 0 Å². The van der Waals surface area contributed by atoms with Crippen LogP contribution >= 0.6 is 0 Å². The van der Waals surface area contributed by atoms with Gasteiger partial charge >= 0.3 is 0 Å². The van der Waals surface area contributed by atoms with Crippen LogP contribution < -0.4 is 0 Å². The van der Waals surface area contributed by atoms with E-state index in [0.717, 1.165) is 71.2 Å². The molecule has 0 atom stereocenters. The Hall–Kier alpha value is -11.5.